The highest BCUT2D eigenvalue weighted by molar-refractivity contribution is 6.11. The summed E-state index contributed by atoms with van der Waals surface area (Å²) < 4.78 is 10.4. The molecule has 16 heavy (non-hydrogen) atoms. The van der Waals surface area contributed by atoms with Crippen LogP contribution in [0.3, 0.4) is 0 Å². The normalized spacial score (nSPS) is 22.1. The zero-order valence-corrected chi connectivity index (χ0v) is 11.0. The van der Waals surface area contributed by atoms with E-state index in [2.05, 4.69) is 16.3 Å². The Labute approximate surface area is 103 Å². The molecule has 0 aromatic heterocycles. The van der Waals surface area contributed by atoms with Gasteiger partial charge in [-0.3, -0.25) is 4.79 Å². The Balaban J connectivity index is 2.65. The van der Waals surface area contributed by atoms with Crippen molar-refractivity contribution in [3.8, 4) is 0 Å². The largest absolute Gasteiger partial charge is 0.443 e. The monoisotopic (exact) mass is 241 g/mol. The van der Waals surface area contributed by atoms with Crippen LogP contribution >= 0.6 is 0 Å². The summed E-state index contributed by atoms with van der Waals surface area (Å²) in [5.74, 6) is -0.324. The van der Waals surface area contributed by atoms with Gasteiger partial charge in [0.1, 0.15) is 28.0 Å². The van der Waals surface area contributed by atoms with Crippen LogP contribution in [0.1, 0.15) is 20.8 Å². The smallest absolute Gasteiger partial charge is 0.417 e. The van der Waals surface area contributed by atoms with Gasteiger partial charge in [-0.05, 0) is 20.8 Å². The van der Waals surface area contributed by atoms with Gasteiger partial charge in [-0.15, -0.1) is 0 Å². The third-order valence-electron chi connectivity index (χ3n) is 2.00. The summed E-state index contributed by atoms with van der Waals surface area (Å²) in [6.07, 6.45) is -1.14. The molecule has 0 aliphatic carbocycles. The number of carbonyl (C=O) groups is 2. The molecule has 1 fully saturated rings. The summed E-state index contributed by atoms with van der Waals surface area (Å²) in [5.41, 5.74) is -0.591. The van der Waals surface area contributed by atoms with Gasteiger partial charge in [-0.25, -0.2) is 9.69 Å². The Morgan fingerprint density at radius 2 is 2.25 bits per heavy atom. The lowest BCUT2D eigenvalue weighted by Gasteiger charge is -2.32. The second-order valence-electron chi connectivity index (χ2n) is 4.57. The number of hydrogen-bond acceptors (Lipinski definition) is 4. The van der Waals surface area contributed by atoms with Crippen LogP contribution in [-0.2, 0) is 14.3 Å². The van der Waals surface area contributed by atoms with Crippen LogP contribution in [0.25, 0.3) is 0 Å². The number of morpholine rings is 1. The van der Waals surface area contributed by atoms with E-state index in [0.717, 1.165) is 4.90 Å². The van der Waals surface area contributed by atoms with E-state index in [1.54, 1.807) is 20.8 Å². The first-order valence-electron chi connectivity index (χ1n) is 5.21. The Bertz CT molecular complexity index is 287. The van der Waals surface area contributed by atoms with Gasteiger partial charge in [0.15, 0.2) is 0 Å². The van der Waals surface area contributed by atoms with Gasteiger partial charge in [-0.2, -0.15) is 0 Å². The van der Waals surface area contributed by atoms with Crippen molar-refractivity contribution in [1.82, 2.24) is 4.90 Å². The summed E-state index contributed by atoms with van der Waals surface area (Å²) >= 11 is 2.43. The van der Waals surface area contributed by atoms with Crippen LogP contribution in [0.5, 0.6) is 0 Å². The van der Waals surface area contributed by atoms with E-state index in [-0.39, 0.29) is 12.5 Å². The lowest BCUT2D eigenvalue weighted by atomic mass is 10.2. The van der Waals surface area contributed by atoms with Crippen molar-refractivity contribution in [3.63, 3.8) is 0 Å². The number of amides is 2. The maximum atomic E-state index is 11.8. The number of carbonyl (C=O) groups excluding carboxylic acids is 2. The molecule has 0 spiro atoms. The lowest BCUT2D eigenvalue weighted by Crippen LogP contribution is -2.51. The maximum absolute atomic E-state index is 11.8. The summed E-state index contributed by atoms with van der Waals surface area (Å²) in [5, 5.41) is 0.484. The number of nitrogens with zero attached hydrogens (tertiary/aromatic N) is 1. The standard InChI is InChI=1S/C10H16NO4.Al/c1-7-8(12)11(5-6-14-7)9(13)15-10(2,3)4;/h7H,1,5-6H2,2-4H3;. The molecule has 5 nitrogen and oxygen atoms in total. The molecule has 1 aliphatic rings. The number of rotatable bonds is 1. The summed E-state index contributed by atoms with van der Waals surface area (Å²) in [4.78, 5) is 24.6. The molecule has 1 atom stereocenters. The molecule has 1 saturated heterocycles. The van der Waals surface area contributed by atoms with Crippen LogP contribution < -0.4 is 0 Å². The Morgan fingerprint density at radius 1 is 1.62 bits per heavy atom. The van der Waals surface area contributed by atoms with E-state index in [9.17, 15) is 9.59 Å². The van der Waals surface area contributed by atoms with Crippen LogP contribution in [0.15, 0.2) is 0 Å². The van der Waals surface area contributed by atoms with E-state index >= 15 is 0 Å². The molecule has 6 heteroatoms. The molecular formula is C10H16AlNO4. The summed E-state index contributed by atoms with van der Waals surface area (Å²) in [6, 6.07) is 0. The predicted molar refractivity (Wildman–Crippen MR) is 58.2 cm³/mol. The molecule has 0 bridgehead atoms. The third-order valence-corrected chi connectivity index (χ3v) is 2.43. The summed E-state index contributed by atoms with van der Waals surface area (Å²) in [6.45, 7) is 5.92. The highest BCUT2D eigenvalue weighted by Gasteiger charge is 2.34. The lowest BCUT2D eigenvalue weighted by molar-refractivity contribution is -0.149. The van der Waals surface area contributed by atoms with Gasteiger partial charge in [0.05, 0.1) is 13.2 Å². The van der Waals surface area contributed by atoms with E-state index in [4.69, 9.17) is 9.47 Å². The van der Waals surface area contributed by atoms with Crippen LogP contribution in [0.4, 0.5) is 4.79 Å². The highest BCUT2D eigenvalue weighted by Crippen LogP contribution is 2.15. The third kappa shape index (κ3) is 3.48. The van der Waals surface area contributed by atoms with Crippen LogP contribution in [0.2, 0.25) is 5.28 Å². The van der Waals surface area contributed by atoms with Crippen molar-refractivity contribution in [2.45, 2.75) is 37.8 Å². The molecule has 0 saturated carbocycles. The van der Waals surface area contributed by atoms with Crippen molar-refractivity contribution in [2.24, 2.45) is 0 Å². The Hall–Kier alpha value is -0.568. The molecule has 1 heterocycles. The predicted octanol–water partition coefficient (Wildman–Crippen LogP) is 0.736. The molecule has 0 N–H and O–H groups in total. The highest BCUT2D eigenvalue weighted by atomic mass is 27.0. The molecule has 2 radical (unpaired) electrons. The molecular weight excluding hydrogens is 225 g/mol. The number of ether oxygens (including phenoxy) is 2. The van der Waals surface area contributed by atoms with Gasteiger partial charge in [0, 0.05) is 0 Å². The molecule has 2 amide bonds. The zero-order valence-electron chi connectivity index (χ0n) is 9.86. The molecule has 1 aliphatic heterocycles. The maximum Gasteiger partial charge on any atom is 0.417 e. The van der Waals surface area contributed by atoms with Gasteiger partial charge < -0.3 is 9.47 Å². The van der Waals surface area contributed by atoms with Gasteiger partial charge >= 0.3 is 6.09 Å². The molecule has 1 unspecified atom stereocenters. The van der Waals surface area contributed by atoms with Crippen molar-refractivity contribution in [2.75, 3.05) is 13.2 Å². The quantitative estimate of drug-likeness (QED) is 0.635. The van der Waals surface area contributed by atoms with E-state index in [1.807, 2.05) is 0 Å². The van der Waals surface area contributed by atoms with Crippen LogP contribution in [-0.4, -0.2) is 58.0 Å². The minimum Gasteiger partial charge on any atom is -0.443 e. The molecule has 1 rings (SSSR count). The topological polar surface area (TPSA) is 55.8 Å². The first kappa shape index (κ1) is 13.5. The van der Waals surface area contributed by atoms with Gasteiger partial charge in [0.2, 0.25) is 0 Å². The van der Waals surface area contributed by atoms with Crippen molar-refractivity contribution >= 4 is 28.3 Å². The van der Waals surface area contributed by atoms with Crippen LogP contribution in [0, 0.1) is 0 Å². The Morgan fingerprint density at radius 3 is 2.75 bits per heavy atom. The zero-order chi connectivity index (χ0) is 12.3. The van der Waals surface area contributed by atoms with E-state index in [0.29, 0.717) is 11.9 Å². The fourth-order valence-electron chi connectivity index (χ4n) is 1.31. The second-order valence-corrected chi connectivity index (χ2v) is 5.04. The molecule has 88 valence electrons. The second kappa shape index (κ2) is 5.17. The first-order valence-corrected chi connectivity index (χ1v) is 6.03. The van der Waals surface area contributed by atoms with Crippen molar-refractivity contribution in [3.05, 3.63) is 0 Å². The minimum absolute atomic E-state index is 0.259. The van der Waals surface area contributed by atoms with Crippen molar-refractivity contribution in [1.29, 1.82) is 0 Å². The number of hydrogen-bond donors (Lipinski definition) is 0. The average Bonchev–Trinajstić information content (AvgIpc) is 2.15. The average molecular weight is 241 g/mol. The van der Waals surface area contributed by atoms with Crippen molar-refractivity contribution < 1.29 is 19.1 Å². The molecule has 0 aromatic rings. The minimum atomic E-state index is -0.593. The fraction of sp³-hybridized carbons (Fsp3) is 0.800. The molecule has 0 aromatic carbocycles. The number of imide groups is 1. The summed E-state index contributed by atoms with van der Waals surface area (Å²) in [7, 11) is 0. The first-order chi connectivity index (χ1) is 7.35. The Kier molecular flexibility index (Phi) is 4.37. The fourth-order valence-corrected chi connectivity index (χ4v) is 1.65. The van der Waals surface area contributed by atoms with Gasteiger partial charge in [0.25, 0.3) is 5.91 Å². The van der Waals surface area contributed by atoms with Gasteiger partial charge in [-0.1, -0.05) is 5.28 Å². The van der Waals surface area contributed by atoms with E-state index < -0.39 is 17.8 Å². The van der Waals surface area contributed by atoms with E-state index in [1.165, 1.54) is 0 Å². The SMILES string of the molecule is CC(C)(C)OC(=O)N1CCOC([CH2][Al])C1=O.